The van der Waals surface area contributed by atoms with Crippen LogP contribution in [0.4, 0.5) is 5.69 Å². The molecule has 4 rings (SSSR count). The van der Waals surface area contributed by atoms with E-state index in [4.69, 9.17) is 14.2 Å². The van der Waals surface area contributed by atoms with Crippen LogP contribution in [0.2, 0.25) is 0 Å². The number of hydrogen-bond acceptors (Lipinski definition) is 9. The fourth-order valence-corrected chi connectivity index (χ4v) is 5.44. The molecule has 1 aliphatic carbocycles. The predicted molar refractivity (Wildman–Crippen MR) is 137 cm³/mol. The zero-order chi connectivity index (χ0) is 26.9. The van der Waals surface area contributed by atoms with Crippen LogP contribution in [0, 0.1) is 10.1 Å². The first-order chi connectivity index (χ1) is 17.7. The number of carbonyl (C=O) groups excluding carboxylic acids is 1. The lowest BCUT2D eigenvalue weighted by atomic mass is 9.71. The van der Waals surface area contributed by atoms with E-state index in [9.17, 15) is 24.8 Å². The van der Waals surface area contributed by atoms with Gasteiger partial charge in [0, 0.05) is 35.5 Å². The summed E-state index contributed by atoms with van der Waals surface area (Å²) < 4.78 is 16.8. The summed E-state index contributed by atoms with van der Waals surface area (Å²) in [6, 6.07) is 12.1. The molecule has 0 saturated heterocycles. The monoisotopic (exact) mass is 522 g/mol. The molecule has 0 amide bonds. The lowest BCUT2D eigenvalue weighted by molar-refractivity contribution is -0.384. The van der Waals surface area contributed by atoms with E-state index in [-0.39, 0.29) is 17.5 Å². The molecule has 9 nitrogen and oxygen atoms in total. The van der Waals surface area contributed by atoms with Crippen molar-refractivity contribution < 1.29 is 29.0 Å². The van der Waals surface area contributed by atoms with Crippen LogP contribution in [0.25, 0.3) is 11.1 Å². The number of carbonyl (C=O) groups is 1. The molecule has 10 heteroatoms. The number of benzene rings is 2. The standard InChI is InChI=1S/C27H25NO8S/c1-34-21-12-15-11-19(24(27(30)31)14-5-7-16(8-6-14)28(32)33)18-13-20(29)22(37-4)10-9-17(18)23(15)26(36-3)25(21)35-2/h5-10,12-13,19,24H,11H2,1-4H3,(H,30,31)/p-1. The molecule has 2 atom stereocenters. The van der Waals surface area contributed by atoms with Gasteiger partial charge in [0.05, 0.1) is 31.1 Å². The van der Waals surface area contributed by atoms with Crippen molar-refractivity contribution in [2.24, 2.45) is 0 Å². The molecule has 0 heterocycles. The largest absolute Gasteiger partial charge is 0.549 e. The SMILES string of the molecule is COc1cc2c(c(OC)c1OC)-c1ccc(SC)c(=O)cc1C(C(C(=O)[O-])c1ccc([N+](=O)[O-])cc1)C2. The lowest BCUT2D eigenvalue weighted by Gasteiger charge is -2.35. The van der Waals surface area contributed by atoms with Crippen LogP contribution in [0.5, 0.6) is 17.2 Å². The van der Waals surface area contributed by atoms with Gasteiger partial charge in [-0.25, -0.2) is 0 Å². The number of nitro benzene ring substituents is 1. The number of nitrogens with zero attached hydrogens (tertiary/aromatic N) is 1. The molecule has 0 saturated carbocycles. The van der Waals surface area contributed by atoms with Crippen LogP contribution in [0.1, 0.15) is 28.5 Å². The first kappa shape index (κ1) is 26.0. The molecule has 0 N–H and O–H groups in total. The second-order valence-electron chi connectivity index (χ2n) is 8.41. The number of rotatable bonds is 8. The van der Waals surface area contributed by atoms with E-state index in [2.05, 4.69) is 0 Å². The van der Waals surface area contributed by atoms with Crippen molar-refractivity contribution in [2.45, 2.75) is 23.2 Å². The van der Waals surface area contributed by atoms with Crippen molar-refractivity contribution in [2.75, 3.05) is 27.6 Å². The second kappa shape index (κ2) is 10.5. The first-order valence-electron chi connectivity index (χ1n) is 11.2. The molecule has 3 aromatic carbocycles. The average Bonchev–Trinajstić information content (AvgIpc) is 3.05. The van der Waals surface area contributed by atoms with Crippen LogP contribution in [0.15, 0.2) is 58.2 Å². The summed E-state index contributed by atoms with van der Waals surface area (Å²) in [5.74, 6) is -2.07. The van der Waals surface area contributed by atoms with Gasteiger partial charge in [-0.3, -0.25) is 14.9 Å². The van der Waals surface area contributed by atoms with Crippen LogP contribution >= 0.6 is 11.8 Å². The molecular weight excluding hydrogens is 498 g/mol. The maximum Gasteiger partial charge on any atom is 0.269 e. The average molecular weight is 523 g/mol. The molecule has 3 aromatic rings. The Morgan fingerprint density at radius 2 is 1.70 bits per heavy atom. The topological polar surface area (TPSA) is 128 Å². The highest BCUT2D eigenvalue weighted by Crippen LogP contribution is 2.53. The van der Waals surface area contributed by atoms with Crippen molar-refractivity contribution in [1.29, 1.82) is 0 Å². The van der Waals surface area contributed by atoms with Gasteiger partial charge in [-0.15, -0.1) is 11.8 Å². The summed E-state index contributed by atoms with van der Waals surface area (Å²) in [7, 11) is 4.49. The van der Waals surface area contributed by atoms with Crippen LogP contribution in [0.3, 0.4) is 0 Å². The van der Waals surface area contributed by atoms with Crippen molar-refractivity contribution in [3.05, 3.63) is 85.6 Å². The van der Waals surface area contributed by atoms with Crippen molar-refractivity contribution in [3.8, 4) is 28.4 Å². The number of carboxylic acid groups (broad SMARTS) is 1. The lowest BCUT2D eigenvalue weighted by Crippen LogP contribution is -2.35. The van der Waals surface area contributed by atoms with E-state index in [0.717, 1.165) is 5.56 Å². The maximum atomic E-state index is 13.1. The number of nitro groups is 1. The normalized spacial score (nSPS) is 14.6. The Labute approximate surface area is 217 Å². The van der Waals surface area contributed by atoms with Gasteiger partial charge in [0.2, 0.25) is 5.75 Å². The zero-order valence-corrected chi connectivity index (χ0v) is 21.4. The molecule has 0 aliphatic heterocycles. The molecular formula is C27H24NO8S-. The van der Waals surface area contributed by atoms with Crippen molar-refractivity contribution in [1.82, 2.24) is 0 Å². The third-order valence-corrected chi connectivity index (χ3v) is 7.38. The number of fused-ring (bicyclic) bond motifs is 3. The zero-order valence-electron chi connectivity index (χ0n) is 20.6. The third kappa shape index (κ3) is 4.60. The number of methoxy groups -OCH3 is 3. The van der Waals surface area contributed by atoms with E-state index < -0.39 is 22.7 Å². The predicted octanol–water partition coefficient (Wildman–Crippen LogP) is 3.54. The Kier molecular flexibility index (Phi) is 7.40. The Balaban J connectivity index is 2.03. The summed E-state index contributed by atoms with van der Waals surface area (Å²) in [5.41, 5.74) is 2.48. The fourth-order valence-electron chi connectivity index (χ4n) is 4.97. The minimum absolute atomic E-state index is 0.158. The van der Waals surface area contributed by atoms with Gasteiger partial charge in [-0.1, -0.05) is 18.2 Å². The quantitative estimate of drug-likeness (QED) is 0.248. The third-order valence-electron chi connectivity index (χ3n) is 6.60. The summed E-state index contributed by atoms with van der Waals surface area (Å²) in [6.45, 7) is 0. The minimum atomic E-state index is -1.36. The van der Waals surface area contributed by atoms with Crippen molar-refractivity contribution >= 4 is 23.4 Å². The number of aliphatic carboxylic acids is 1. The van der Waals surface area contributed by atoms with Crippen molar-refractivity contribution in [3.63, 3.8) is 0 Å². The molecule has 2 unspecified atom stereocenters. The molecule has 0 bridgehead atoms. The Morgan fingerprint density at radius 1 is 1.03 bits per heavy atom. The highest BCUT2D eigenvalue weighted by Gasteiger charge is 2.36. The number of hydrogen-bond donors (Lipinski definition) is 0. The van der Waals surface area contributed by atoms with Gasteiger partial charge in [0.25, 0.3) is 5.69 Å². The maximum absolute atomic E-state index is 13.1. The summed E-state index contributed by atoms with van der Waals surface area (Å²) in [5, 5.41) is 23.7. The van der Waals surface area contributed by atoms with Gasteiger partial charge >= 0.3 is 0 Å². The summed E-state index contributed by atoms with van der Waals surface area (Å²) in [6.07, 6.45) is 2.00. The molecule has 0 radical (unpaired) electrons. The molecule has 0 spiro atoms. The van der Waals surface area contributed by atoms with E-state index in [1.165, 1.54) is 63.4 Å². The number of carboxylic acids is 1. The smallest absolute Gasteiger partial charge is 0.269 e. The number of non-ortho nitro benzene ring substituents is 1. The first-order valence-corrected chi connectivity index (χ1v) is 12.5. The molecule has 192 valence electrons. The Bertz CT molecular complexity index is 1440. The Morgan fingerprint density at radius 3 is 2.24 bits per heavy atom. The van der Waals surface area contributed by atoms with Crippen LogP contribution in [-0.4, -0.2) is 38.5 Å². The van der Waals surface area contributed by atoms with E-state index >= 15 is 0 Å². The van der Waals surface area contributed by atoms with E-state index in [1.54, 1.807) is 24.5 Å². The number of thioether (sulfide) groups is 1. The molecule has 0 fully saturated rings. The van der Waals surface area contributed by atoms with Gasteiger partial charge < -0.3 is 24.1 Å². The molecule has 1 aliphatic rings. The van der Waals surface area contributed by atoms with Crippen LogP contribution < -0.4 is 24.7 Å². The second-order valence-corrected chi connectivity index (χ2v) is 9.26. The fraction of sp³-hybridized carbons (Fsp3) is 0.259. The Hall–Kier alpha value is -4.05. The number of ether oxygens (including phenoxy) is 3. The highest BCUT2D eigenvalue weighted by molar-refractivity contribution is 7.98. The summed E-state index contributed by atoms with van der Waals surface area (Å²) >= 11 is 1.29. The highest BCUT2D eigenvalue weighted by atomic mass is 32.2. The van der Waals surface area contributed by atoms with Gasteiger partial charge in [0.1, 0.15) is 0 Å². The molecule has 37 heavy (non-hydrogen) atoms. The van der Waals surface area contributed by atoms with Crippen LogP contribution in [-0.2, 0) is 11.2 Å². The molecule has 0 aromatic heterocycles. The minimum Gasteiger partial charge on any atom is -0.549 e. The van der Waals surface area contributed by atoms with Gasteiger partial charge in [0.15, 0.2) is 16.9 Å². The van der Waals surface area contributed by atoms with E-state index in [0.29, 0.717) is 44.4 Å². The van der Waals surface area contributed by atoms with Gasteiger partial charge in [-0.05, 0) is 53.1 Å². The van der Waals surface area contributed by atoms with E-state index in [1.807, 2.05) is 0 Å². The summed E-state index contributed by atoms with van der Waals surface area (Å²) in [4.78, 5) is 36.7. The van der Waals surface area contributed by atoms with Gasteiger partial charge in [-0.2, -0.15) is 0 Å².